The van der Waals surface area contributed by atoms with Gasteiger partial charge in [-0.3, -0.25) is 0 Å². The Morgan fingerprint density at radius 1 is 1.37 bits per heavy atom. The summed E-state index contributed by atoms with van der Waals surface area (Å²) in [4.78, 5) is 7.48. The van der Waals surface area contributed by atoms with Gasteiger partial charge < -0.3 is 9.74 Å². The average molecular weight is 257 g/mol. The fourth-order valence-corrected chi connectivity index (χ4v) is 2.33. The molecule has 0 radical (unpaired) electrons. The van der Waals surface area contributed by atoms with Gasteiger partial charge in [0.15, 0.2) is 0 Å². The van der Waals surface area contributed by atoms with Crippen molar-refractivity contribution >= 4 is 12.4 Å². The lowest BCUT2D eigenvalue weighted by Crippen LogP contribution is -2.22. The third kappa shape index (κ3) is 2.42. The van der Waals surface area contributed by atoms with E-state index in [1.165, 1.54) is 0 Å². The van der Waals surface area contributed by atoms with Gasteiger partial charge in [0.2, 0.25) is 0 Å². The molecule has 0 amide bonds. The molecule has 98 valence electrons. The first kappa shape index (κ1) is 11.7. The zero-order chi connectivity index (χ0) is 13.1. The number of rotatable bonds is 4. The SMILES string of the molecule is C=NO[C@@H]1CCN(c2cccc(-n3ccnn3)c2)C1. The van der Waals surface area contributed by atoms with Gasteiger partial charge in [-0.15, -0.1) is 10.3 Å². The molecule has 1 atom stereocenters. The number of hydrogen-bond acceptors (Lipinski definition) is 5. The van der Waals surface area contributed by atoms with Gasteiger partial charge >= 0.3 is 0 Å². The molecule has 1 aliphatic rings. The van der Waals surface area contributed by atoms with E-state index in [1.54, 1.807) is 10.9 Å². The molecule has 3 rings (SSSR count). The van der Waals surface area contributed by atoms with Crippen LogP contribution in [0.5, 0.6) is 0 Å². The van der Waals surface area contributed by atoms with Gasteiger partial charge in [0.1, 0.15) is 6.10 Å². The molecule has 2 heterocycles. The Hall–Kier alpha value is -2.37. The van der Waals surface area contributed by atoms with E-state index in [0.29, 0.717) is 0 Å². The van der Waals surface area contributed by atoms with Crippen LogP contribution in [0.4, 0.5) is 5.69 Å². The molecule has 1 aromatic heterocycles. The first-order valence-electron chi connectivity index (χ1n) is 6.20. The average Bonchev–Trinajstić information content (AvgIpc) is 3.11. The Labute approximate surface area is 111 Å². The van der Waals surface area contributed by atoms with Crippen LogP contribution in [0.3, 0.4) is 0 Å². The van der Waals surface area contributed by atoms with Crippen molar-refractivity contribution in [3.8, 4) is 5.69 Å². The molecule has 0 spiro atoms. The largest absolute Gasteiger partial charge is 0.391 e. The van der Waals surface area contributed by atoms with E-state index in [2.05, 4.69) is 39.2 Å². The zero-order valence-corrected chi connectivity index (χ0v) is 10.5. The van der Waals surface area contributed by atoms with Gasteiger partial charge in [-0.05, 0) is 18.2 Å². The van der Waals surface area contributed by atoms with Crippen LogP contribution in [0.2, 0.25) is 0 Å². The topological polar surface area (TPSA) is 55.5 Å². The Morgan fingerprint density at radius 3 is 3.05 bits per heavy atom. The summed E-state index contributed by atoms with van der Waals surface area (Å²) in [6.45, 7) is 5.15. The number of benzene rings is 1. The van der Waals surface area contributed by atoms with Gasteiger partial charge in [0.25, 0.3) is 0 Å². The van der Waals surface area contributed by atoms with Gasteiger partial charge in [-0.25, -0.2) is 4.68 Å². The minimum atomic E-state index is 0.132. The number of oxime groups is 1. The molecule has 1 fully saturated rings. The Morgan fingerprint density at radius 2 is 2.26 bits per heavy atom. The van der Waals surface area contributed by atoms with Crippen LogP contribution >= 0.6 is 0 Å². The van der Waals surface area contributed by atoms with Crippen LogP contribution in [0, 0.1) is 0 Å². The Bertz CT molecular complexity index is 554. The Kier molecular flexibility index (Phi) is 3.14. The van der Waals surface area contributed by atoms with Gasteiger partial charge in [-0.1, -0.05) is 11.3 Å². The molecule has 0 saturated carbocycles. The minimum absolute atomic E-state index is 0.132. The number of nitrogens with zero attached hydrogens (tertiary/aromatic N) is 5. The lowest BCUT2D eigenvalue weighted by molar-refractivity contribution is 0.0770. The van der Waals surface area contributed by atoms with Crippen molar-refractivity contribution in [1.29, 1.82) is 0 Å². The third-order valence-corrected chi connectivity index (χ3v) is 3.25. The van der Waals surface area contributed by atoms with E-state index in [-0.39, 0.29) is 6.10 Å². The first-order valence-corrected chi connectivity index (χ1v) is 6.20. The fraction of sp³-hybridized carbons (Fsp3) is 0.308. The van der Waals surface area contributed by atoms with Gasteiger partial charge in [-0.2, -0.15) is 0 Å². The number of hydrogen-bond donors (Lipinski definition) is 0. The zero-order valence-electron chi connectivity index (χ0n) is 10.5. The predicted molar refractivity (Wildman–Crippen MR) is 72.6 cm³/mol. The highest BCUT2D eigenvalue weighted by atomic mass is 16.6. The highest BCUT2D eigenvalue weighted by Gasteiger charge is 2.24. The standard InChI is InChI=1S/C13H15N5O/c1-14-19-13-5-7-17(10-13)11-3-2-4-12(9-11)18-8-6-15-16-18/h2-4,6,8-9,13H,1,5,7,10H2/t13-/m1/s1. The number of aromatic nitrogens is 3. The summed E-state index contributed by atoms with van der Waals surface area (Å²) in [5.74, 6) is 0. The normalized spacial score (nSPS) is 18.5. The second kappa shape index (κ2) is 5.09. The smallest absolute Gasteiger partial charge is 0.146 e. The van der Waals surface area contributed by atoms with Crippen LogP contribution in [0.15, 0.2) is 41.8 Å². The summed E-state index contributed by atoms with van der Waals surface area (Å²) in [6.07, 6.45) is 4.60. The summed E-state index contributed by atoms with van der Waals surface area (Å²) >= 11 is 0. The lowest BCUT2D eigenvalue weighted by atomic mass is 10.2. The van der Waals surface area contributed by atoms with Crippen molar-refractivity contribution in [2.75, 3.05) is 18.0 Å². The van der Waals surface area contributed by atoms with Crippen LogP contribution in [-0.2, 0) is 4.84 Å². The second-order valence-corrected chi connectivity index (χ2v) is 4.46. The Balaban J connectivity index is 1.79. The maximum Gasteiger partial charge on any atom is 0.146 e. The van der Waals surface area contributed by atoms with E-state index >= 15 is 0 Å². The lowest BCUT2D eigenvalue weighted by Gasteiger charge is -2.18. The monoisotopic (exact) mass is 257 g/mol. The summed E-state index contributed by atoms with van der Waals surface area (Å²) in [5.41, 5.74) is 2.16. The van der Waals surface area contributed by atoms with Crippen LogP contribution in [-0.4, -0.2) is 40.9 Å². The fourth-order valence-electron chi connectivity index (χ4n) is 2.33. The summed E-state index contributed by atoms with van der Waals surface area (Å²) < 4.78 is 1.75. The van der Waals surface area contributed by atoms with Crippen LogP contribution in [0.25, 0.3) is 5.69 Å². The minimum Gasteiger partial charge on any atom is -0.391 e. The van der Waals surface area contributed by atoms with E-state index in [0.717, 1.165) is 30.9 Å². The first-order chi connectivity index (χ1) is 9.36. The van der Waals surface area contributed by atoms with Crippen molar-refractivity contribution in [2.24, 2.45) is 5.16 Å². The quantitative estimate of drug-likeness (QED) is 0.615. The molecule has 19 heavy (non-hydrogen) atoms. The van der Waals surface area contributed by atoms with Crippen molar-refractivity contribution in [2.45, 2.75) is 12.5 Å². The van der Waals surface area contributed by atoms with Crippen molar-refractivity contribution < 1.29 is 4.84 Å². The predicted octanol–water partition coefficient (Wildman–Crippen LogP) is 1.48. The van der Waals surface area contributed by atoms with Crippen molar-refractivity contribution in [3.05, 3.63) is 36.7 Å². The molecule has 0 bridgehead atoms. The maximum absolute atomic E-state index is 5.20. The van der Waals surface area contributed by atoms with Crippen molar-refractivity contribution in [3.63, 3.8) is 0 Å². The molecule has 2 aromatic rings. The summed E-state index contributed by atoms with van der Waals surface area (Å²) in [6, 6.07) is 8.21. The molecule has 1 aliphatic heterocycles. The number of anilines is 1. The highest BCUT2D eigenvalue weighted by Crippen LogP contribution is 2.23. The molecule has 0 unspecified atom stereocenters. The van der Waals surface area contributed by atoms with E-state index in [1.807, 2.05) is 18.3 Å². The summed E-state index contributed by atoms with van der Waals surface area (Å²) in [5, 5.41) is 11.3. The molecule has 1 saturated heterocycles. The molecule has 0 N–H and O–H groups in total. The van der Waals surface area contributed by atoms with Gasteiger partial charge in [0, 0.05) is 25.4 Å². The second-order valence-electron chi connectivity index (χ2n) is 4.46. The van der Waals surface area contributed by atoms with Crippen LogP contribution in [0.1, 0.15) is 6.42 Å². The van der Waals surface area contributed by atoms with Gasteiger partial charge in [0.05, 0.1) is 24.6 Å². The third-order valence-electron chi connectivity index (χ3n) is 3.25. The molecule has 6 heteroatoms. The molecular weight excluding hydrogens is 242 g/mol. The maximum atomic E-state index is 5.20. The van der Waals surface area contributed by atoms with E-state index in [4.69, 9.17) is 4.84 Å². The molecule has 0 aliphatic carbocycles. The summed E-state index contributed by atoms with van der Waals surface area (Å²) in [7, 11) is 0. The van der Waals surface area contributed by atoms with Crippen molar-refractivity contribution in [1.82, 2.24) is 15.0 Å². The molecular formula is C13H15N5O. The van der Waals surface area contributed by atoms with E-state index in [9.17, 15) is 0 Å². The van der Waals surface area contributed by atoms with Crippen LogP contribution < -0.4 is 4.90 Å². The highest BCUT2D eigenvalue weighted by molar-refractivity contribution is 5.53. The molecule has 6 nitrogen and oxygen atoms in total. The van der Waals surface area contributed by atoms with E-state index < -0.39 is 0 Å². The molecule has 1 aromatic carbocycles.